The van der Waals surface area contributed by atoms with Gasteiger partial charge in [-0.05, 0) is 50.5 Å². The Kier molecular flexibility index (Phi) is 6.03. The maximum atomic E-state index is 13.0. The zero-order chi connectivity index (χ0) is 22.1. The molecule has 6 heteroatoms. The van der Waals surface area contributed by atoms with Crippen molar-refractivity contribution in [1.82, 2.24) is 4.90 Å². The van der Waals surface area contributed by atoms with Crippen molar-refractivity contribution in [3.05, 3.63) is 87.0 Å². The number of rotatable bonds is 4. The number of aliphatic hydroxyl groups excluding tert-OH is 1. The Morgan fingerprint density at radius 2 is 1.94 bits per heavy atom. The third kappa shape index (κ3) is 4.05. The van der Waals surface area contributed by atoms with Gasteiger partial charge in [-0.3, -0.25) is 0 Å². The highest BCUT2D eigenvalue weighted by Crippen LogP contribution is 2.47. The van der Waals surface area contributed by atoms with E-state index in [-0.39, 0.29) is 6.61 Å². The third-order valence-corrected chi connectivity index (χ3v) is 6.53. The molecule has 160 valence electrons. The molecule has 31 heavy (non-hydrogen) atoms. The minimum absolute atomic E-state index is 0.280. The molecule has 1 fully saturated rings. The second-order valence-corrected chi connectivity index (χ2v) is 8.76. The Bertz CT molecular complexity index is 1110. The number of hydrogen-bond acceptors (Lipinski definition) is 6. The number of carbonyl (C=O) groups excluding carboxylic acids is 1. The normalized spacial score (nSPS) is 21.9. The number of carbonyl (C=O) groups is 1. The van der Waals surface area contributed by atoms with Gasteiger partial charge in [-0.15, -0.1) is 0 Å². The lowest BCUT2D eigenvalue weighted by Crippen LogP contribution is -2.42. The van der Waals surface area contributed by atoms with Crippen molar-refractivity contribution >= 4 is 29.0 Å². The summed E-state index contributed by atoms with van der Waals surface area (Å²) in [5, 5.41) is 12.0. The average Bonchev–Trinajstić information content (AvgIpc) is 3.03. The quantitative estimate of drug-likeness (QED) is 0.689. The molecule has 2 aliphatic heterocycles. The fourth-order valence-electron chi connectivity index (χ4n) is 4.05. The summed E-state index contributed by atoms with van der Waals surface area (Å²) in [7, 11) is 0. The zero-order valence-corrected chi connectivity index (χ0v) is 18.9. The molecule has 2 heterocycles. The zero-order valence-electron chi connectivity index (χ0n) is 18.1. The molecule has 2 aromatic carbocycles. The SMILES string of the molecule is CCOC(=O)C1=C(C)N=C2S/C(=C/c3ccccc3)C(O)N2C1c1ccc(C)cc1C. The summed E-state index contributed by atoms with van der Waals surface area (Å²) in [6, 6.07) is 15.6. The predicted molar refractivity (Wildman–Crippen MR) is 125 cm³/mol. The van der Waals surface area contributed by atoms with Crippen molar-refractivity contribution in [2.24, 2.45) is 4.99 Å². The van der Waals surface area contributed by atoms with Crippen LogP contribution in [0.4, 0.5) is 0 Å². The number of ether oxygens (including phenoxy) is 1. The number of aryl methyl sites for hydroxylation is 2. The van der Waals surface area contributed by atoms with Crippen LogP contribution in [-0.2, 0) is 9.53 Å². The van der Waals surface area contributed by atoms with Crippen molar-refractivity contribution in [1.29, 1.82) is 0 Å². The van der Waals surface area contributed by atoms with E-state index < -0.39 is 18.2 Å². The first-order valence-electron chi connectivity index (χ1n) is 10.3. The highest BCUT2D eigenvalue weighted by atomic mass is 32.2. The Morgan fingerprint density at radius 1 is 1.19 bits per heavy atom. The fraction of sp³-hybridized carbons (Fsp3) is 0.280. The topological polar surface area (TPSA) is 62.1 Å². The number of nitrogens with zero attached hydrogens (tertiary/aromatic N) is 2. The molecule has 0 saturated carbocycles. The molecule has 0 spiro atoms. The molecule has 2 aliphatic rings. The Morgan fingerprint density at radius 3 is 2.61 bits per heavy atom. The first-order chi connectivity index (χ1) is 14.9. The van der Waals surface area contributed by atoms with E-state index in [1.54, 1.807) is 6.92 Å². The minimum Gasteiger partial charge on any atom is -0.463 e. The lowest BCUT2D eigenvalue weighted by molar-refractivity contribution is -0.139. The molecule has 5 nitrogen and oxygen atoms in total. The highest BCUT2D eigenvalue weighted by molar-refractivity contribution is 8.17. The van der Waals surface area contributed by atoms with Crippen LogP contribution in [0.2, 0.25) is 0 Å². The van der Waals surface area contributed by atoms with Gasteiger partial charge < -0.3 is 14.7 Å². The van der Waals surface area contributed by atoms with E-state index in [9.17, 15) is 9.90 Å². The number of esters is 1. The summed E-state index contributed by atoms with van der Waals surface area (Å²) in [6.45, 7) is 7.97. The van der Waals surface area contributed by atoms with Crippen LogP contribution in [0, 0.1) is 13.8 Å². The second kappa shape index (κ2) is 8.73. The van der Waals surface area contributed by atoms with E-state index in [1.807, 2.05) is 74.2 Å². The number of aliphatic hydroxyl groups is 1. The van der Waals surface area contributed by atoms with Crippen LogP contribution in [0.15, 0.2) is 69.7 Å². The van der Waals surface area contributed by atoms with E-state index in [2.05, 4.69) is 11.1 Å². The van der Waals surface area contributed by atoms with E-state index in [1.165, 1.54) is 11.8 Å². The van der Waals surface area contributed by atoms with Gasteiger partial charge in [0, 0.05) is 4.91 Å². The third-order valence-electron chi connectivity index (χ3n) is 5.48. The first-order valence-corrected chi connectivity index (χ1v) is 11.2. The minimum atomic E-state index is -0.910. The molecular formula is C25H26N2O3S. The van der Waals surface area contributed by atoms with Gasteiger partial charge in [0.1, 0.15) is 0 Å². The molecule has 0 aliphatic carbocycles. The van der Waals surface area contributed by atoms with Crippen LogP contribution in [0.1, 0.15) is 42.1 Å². The Balaban J connectivity index is 1.83. The summed E-state index contributed by atoms with van der Waals surface area (Å²) < 4.78 is 5.38. The van der Waals surface area contributed by atoms with Gasteiger partial charge in [0.05, 0.1) is 23.9 Å². The van der Waals surface area contributed by atoms with E-state index in [0.29, 0.717) is 16.4 Å². The molecule has 0 radical (unpaired) electrons. The van der Waals surface area contributed by atoms with Crippen molar-refractivity contribution in [3.63, 3.8) is 0 Å². The first kappa shape index (κ1) is 21.4. The molecule has 0 aromatic heterocycles. The van der Waals surface area contributed by atoms with Gasteiger partial charge >= 0.3 is 5.97 Å². The number of benzene rings is 2. The van der Waals surface area contributed by atoms with Crippen LogP contribution >= 0.6 is 11.8 Å². The van der Waals surface area contributed by atoms with Crippen molar-refractivity contribution in [2.75, 3.05) is 6.61 Å². The van der Waals surface area contributed by atoms with Crippen LogP contribution in [0.3, 0.4) is 0 Å². The van der Waals surface area contributed by atoms with Crippen LogP contribution in [-0.4, -0.2) is 34.0 Å². The Hall–Kier alpha value is -2.83. The van der Waals surface area contributed by atoms with Gasteiger partial charge in [-0.1, -0.05) is 65.9 Å². The lowest BCUT2D eigenvalue weighted by Gasteiger charge is -2.37. The summed E-state index contributed by atoms with van der Waals surface area (Å²) in [6.07, 6.45) is 1.06. The van der Waals surface area contributed by atoms with Crippen LogP contribution in [0.25, 0.3) is 6.08 Å². The number of amidine groups is 1. The van der Waals surface area contributed by atoms with Crippen molar-refractivity contribution < 1.29 is 14.6 Å². The molecule has 2 aromatic rings. The molecule has 1 saturated heterocycles. The maximum absolute atomic E-state index is 13.0. The molecule has 1 N–H and O–H groups in total. The summed E-state index contributed by atoms with van der Waals surface area (Å²) in [5.41, 5.74) is 5.25. The number of allylic oxidation sites excluding steroid dienone is 1. The second-order valence-electron chi connectivity index (χ2n) is 7.72. The predicted octanol–water partition coefficient (Wildman–Crippen LogP) is 4.96. The number of hydrogen-bond donors (Lipinski definition) is 1. The van der Waals surface area contributed by atoms with Gasteiger partial charge in [0.2, 0.25) is 0 Å². The molecule has 4 rings (SSSR count). The van der Waals surface area contributed by atoms with Crippen molar-refractivity contribution in [2.45, 2.75) is 40.0 Å². The summed E-state index contributed by atoms with van der Waals surface area (Å²) in [4.78, 5) is 20.2. The summed E-state index contributed by atoms with van der Waals surface area (Å²) >= 11 is 1.44. The standard InChI is InChI=1S/C25H26N2O3S/c1-5-30-24(29)21-17(4)26-25-27(22(21)19-12-11-15(2)13-16(19)3)23(28)20(31-25)14-18-9-7-6-8-10-18/h6-14,22-23,28H,5H2,1-4H3/b20-14+. The molecular weight excluding hydrogens is 408 g/mol. The smallest absolute Gasteiger partial charge is 0.338 e. The fourth-order valence-corrected chi connectivity index (χ4v) is 5.17. The molecule has 0 bridgehead atoms. The van der Waals surface area contributed by atoms with E-state index in [0.717, 1.165) is 27.2 Å². The van der Waals surface area contributed by atoms with Gasteiger partial charge in [0.15, 0.2) is 11.4 Å². The van der Waals surface area contributed by atoms with Crippen LogP contribution < -0.4 is 0 Å². The monoisotopic (exact) mass is 434 g/mol. The Labute approximate surface area is 187 Å². The maximum Gasteiger partial charge on any atom is 0.338 e. The number of thioether (sulfide) groups is 1. The van der Waals surface area contributed by atoms with Crippen LogP contribution in [0.5, 0.6) is 0 Å². The van der Waals surface area contributed by atoms with Gasteiger partial charge in [-0.2, -0.15) is 0 Å². The van der Waals surface area contributed by atoms with E-state index >= 15 is 0 Å². The summed E-state index contributed by atoms with van der Waals surface area (Å²) in [5.74, 6) is -0.398. The largest absolute Gasteiger partial charge is 0.463 e. The average molecular weight is 435 g/mol. The molecule has 0 amide bonds. The lowest BCUT2D eigenvalue weighted by atomic mass is 9.90. The molecule has 2 atom stereocenters. The number of aliphatic imine (C=N–C) groups is 1. The van der Waals surface area contributed by atoms with Gasteiger partial charge in [-0.25, -0.2) is 9.79 Å². The van der Waals surface area contributed by atoms with Gasteiger partial charge in [0.25, 0.3) is 0 Å². The van der Waals surface area contributed by atoms with E-state index in [4.69, 9.17) is 4.74 Å². The highest BCUT2D eigenvalue weighted by Gasteiger charge is 2.45. The number of fused-ring (bicyclic) bond motifs is 1. The molecule has 2 unspecified atom stereocenters. The van der Waals surface area contributed by atoms with Crippen molar-refractivity contribution in [3.8, 4) is 0 Å².